The zero-order chi connectivity index (χ0) is 16.4. The van der Waals surface area contributed by atoms with Crippen molar-refractivity contribution in [3.63, 3.8) is 0 Å². The van der Waals surface area contributed by atoms with Crippen LogP contribution in [0.25, 0.3) is 0 Å². The zero-order valence-corrected chi connectivity index (χ0v) is 13.0. The Morgan fingerprint density at radius 1 is 1.43 bits per heavy atom. The van der Waals surface area contributed by atoms with Gasteiger partial charge in [0.15, 0.2) is 0 Å². The van der Waals surface area contributed by atoms with Crippen molar-refractivity contribution < 1.29 is 31.5 Å². The quantitative estimate of drug-likeness (QED) is 0.810. The van der Waals surface area contributed by atoms with Crippen molar-refractivity contribution in [1.29, 1.82) is 0 Å². The third-order valence-corrected chi connectivity index (χ3v) is 4.93. The molecule has 0 heterocycles. The third kappa shape index (κ3) is 5.29. The molecule has 0 amide bonds. The fraction of sp³-hybridized carbons (Fsp3) is 0.364. The van der Waals surface area contributed by atoms with Crippen LogP contribution in [0.15, 0.2) is 27.6 Å². The first-order valence-corrected chi connectivity index (χ1v) is 7.82. The summed E-state index contributed by atoms with van der Waals surface area (Å²) in [7, 11) is -4.19. The van der Waals surface area contributed by atoms with Crippen LogP contribution >= 0.6 is 15.9 Å². The Hall–Kier alpha value is -1.13. The van der Waals surface area contributed by atoms with E-state index in [4.69, 9.17) is 5.11 Å². The van der Waals surface area contributed by atoms with Crippen LogP contribution in [0.1, 0.15) is 23.7 Å². The maximum atomic E-state index is 12.2. The first-order chi connectivity index (χ1) is 9.42. The van der Waals surface area contributed by atoms with Crippen LogP contribution in [0.3, 0.4) is 0 Å². The Labute approximate surface area is 127 Å². The summed E-state index contributed by atoms with van der Waals surface area (Å²) < 4.78 is 62.4. The van der Waals surface area contributed by atoms with Crippen molar-refractivity contribution in [2.45, 2.75) is 30.5 Å². The number of nitrogens with one attached hydrogen (secondary N) is 1. The van der Waals surface area contributed by atoms with Crippen molar-refractivity contribution in [3.8, 4) is 0 Å². The van der Waals surface area contributed by atoms with Crippen LogP contribution < -0.4 is 4.72 Å². The summed E-state index contributed by atoms with van der Waals surface area (Å²) in [6.07, 6.45) is -5.80. The standard InChI is InChI=1S/C11H11BrF3NO4S/c1-6(5-11(13,14)15)16-21(19,20)9-3-2-7(10(17)18)4-8(9)12/h2-4,6,16H,5H2,1H3,(H,17,18). The molecule has 1 aromatic carbocycles. The number of halogens is 4. The molecule has 2 N–H and O–H groups in total. The summed E-state index contributed by atoms with van der Waals surface area (Å²) in [5.41, 5.74) is -0.149. The highest BCUT2D eigenvalue weighted by molar-refractivity contribution is 9.10. The lowest BCUT2D eigenvalue weighted by atomic mass is 10.2. The van der Waals surface area contributed by atoms with Gasteiger partial charge in [-0.1, -0.05) is 0 Å². The molecule has 0 aliphatic rings. The van der Waals surface area contributed by atoms with E-state index < -0.39 is 34.6 Å². The maximum Gasteiger partial charge on any atom is 0.390 e. The number of carbonyl (C=O) groups is 1. The van der Waals surface area contributed by atoms with Crippen LogP contribution in [0.5, 0.6) is 0 Å². The largest absolute Gasteiger partial charge is 0.478 e. The molecule has 10 heteroatoms. The smallest absolute Gasteiger partial charge is 0.390 e. The Kier molecular flexibility index (Phi) is 5.40. The van der Waals surface area contributed by atoms with E-state index in [-0.39, 0.29) is 14.9 Å². The summed E-state index contributed by atoms with van der Waals surface area (Å²) >= 11 is 2.90. The summed E-state index contributed by atoms with van der Waals surface area (Å²) in [6.45, 7) is 1.09. The fourth-order valence-corrected chi connectivity index (χ4v) is 3.89. The van der Waals surface area contributed by atoms with Crippen molar-refractivity contribution in [3.05, 3.63) is 28.2 Å². The van der Waals surface area contributed by atoms with E-state index in [9.17, 15) is 26.4 Å². The number of sulfonamides is 1. The molecule has 0 spiro atoms. The molecular weight excluding hydrogens is 379 g/mol. The van der Waals surface area contributed by atoms with Crippen LogP contribution in [0.2, 0.25) is 0 Å². The predicted octanol–water partition coefficient (Wildman–Crippen LogP) is 2.77. The molecule has 0 saturated carbocycles. The van der Waals surface area contributed by atoms with Crippen molar-refractivity contribution >= 4 is 31.9 Å². The van der Waals surface area contributed by atoms with Crippen LogP contribution in [0.4, 0.5) is 13.2 Å². The van der Waals surface area contributed by atoms with Crippen molar-refractivity contribution in [1.82, 2.24) is 4.72 Å². The lowest BCUT2D eigenvalue weighted by Crippen LogP contribution is -2.36. The first-order valence-electron chi connectivity index (χ1n) is 5.54. The van der Waals surface area contributed by atoms with E-state index in [1.165, 1.54) is 0 Å². The number of hydrogen-bond donors (Lipinski definition) is 2. The highest BCUT2D eigenvalue weighted by atomic mass is 79.9. The predicted molar refractivity (Wildman–Crippen MR) is 71.6 cm³/mol. The Bertz CT molecular complexity index is 645. The van der Waals surface area contributed by atoms with Gasteiger partial charge in [-0.3, -0.25) is 0 Å². The molecule has 21 heavy (non-hydrogen) atoms. The highest BCUT2D eigenvalue weighted by Gasteiger charge is 2.32. The lowest BCUT2D eigenvalue weighted by Gasteiger charge is -2.16. The molecule has 0 fully saturated rings. The van der Waals surface area contributed by atoms with Gasteiger partial charge in [0.1, 0.15) is 0 Å². The minimum absolute atomic E-state index is 0.0471. The SMILES string of the molecule is CC(CC(F)(F)F)NS(=O)(=O)c1ccc(C(=O)O)cc1Br. The summed E-state index contributed by atoms with van der Waals surface area (Å²) in [5.74, 6) is -1.25. The van der Waals surface area contributed by atoms with Crippen LogP contribution in [-0.4, -0.2) is 31.7 Å². The molecule has 0 aromatic heterocycles. The van der Waals surface area contributed by atoms with Gasteiger partial charge in [0, 0.05) is 10.5 Å². The minimum atomic E-state index is -4.49. The molecule has 0 saturated heterocycles. The highest BCUT2D eigenvalue weighted by Crippen LogP contribution is 2.25. The number of carboxylic acids is 1. The zero-order valence-electron chi connectivity index (χ0n) is 10.6. The molecular formula is C11H11BrF3NO4S. The average Bonchev–Trinajstić information content (AvgIpc) is 2.24. The van der Waals surface area contributed by atoms with Gasteiger partial charge < -0.3 is 5.11 Å². The summed E-state index contributed by atoms with van der Waals surface area (Å²) in [6, 6.07) is 1.78. The third-order valence-electron chi connectivity index (χ3n) is 2.36. The molecule has 5 nitrogen and oxygen atoms in total. The van der Waals surface area contributed by atoms with Gasteiger partial charge in [-0.15, -0.1) is 0 Å². The second kappa shape index (κ2) is 6.32. The second-order valence-corrected chi connectivity index (χ2v) is 6.83. The average molecular weight is 390 g/mol. The fourth-order valence-electron chi connectivity index (χ4n) is 1.57. The Balaban J connectivity index is 3.01. The van der Waals surface area contributed by atoms with E-state index in [1.54, 1.807) is 0 Å². The molecule has 1 atom stereocenters. The van der Waals surface area contributed by atoms with Gasteiger partial charge >= 0.3 is 12.1 Å². The lowest BCUT2D eigenvalue weighted by molar-refractivity contribution is -0.137. The molecule has 1 aromatic rings. The molecule has 1 rings (SSSR count). The second-order valence-electron chi connectivity index (χ2n) is 4.29. The topological polar surface area (TPSA) is 83.5 Å². The van der Waals surface area contributed by atoms with Crippen molar-refractivity contribution in [2.75, 3.05) is 0 Å². The first kappa shape index (κ1) is 17.9. The van der Waals surface area contributed by atoms with E-state index in [0.29, 0.717) is 0 Å². The number of carboxylic acid groups (broad SMARTS) is 1. The summed E-state index contributed by atoms with van der Waals surface area (Å²) in [5, 5.41) is 8.77. The number of rotatable bonds is 5. The Morgan fingerprint density at radius 3 is 2.43 bits per heavy atom. The van der Waals surface area contributed by atoms with Crippen molar-refractivity contribution in [2.24, 2.45) is 0 Å². The Morgan fingerprint density at radius 2 is 2.00 bits per heavy atom. The molecule has 1 unspecified atom stereocenters. The van der Waals surface area contributed by atoms with E-state index in [1.807, 2.05) is 4.72 Å². The maximum absolute atomic E-state index is 12.2. The van der Waals surface area contributed by atoms with Gasteiger partial charge in [-0.2, -0.15) is 13.2 Å². The van der Waals surface area contributed by atoms with Gasteiger partial charge in [0.2, 0.25) is 10.0 Å². The van der Waals surface area contributed by atoms with E-state index in [0.717, 1.165) is 25.1 Å². The molecule has 0 bridgehead atoms. The summed E-state index contributed by atoms with van der Waals surface area (Å²) in [4.78, 5) is 10.4. The van der Waals surface area contributed by atoms with Gasteiger partial charge in [0.25, 0.3) is 0 Å². The molecule has 0 radical (unpaired) electrons. The minimum Gasteiger partial charge on any atom is -0.478 e. The van der Waals surface area contributed by atoms with E-state index >= 15 is 0 Å². The number of alkyl halides is 3. The van der Waals surface area contributed by atoms with Crippen LogP contribution in [-0.2, 0) is 10.0 Å². The number of aromatic carboxylic acids is 1. The van der Waals surface area contributed by atoms with Gasteiger partial charge in [-0.25, -0.2) is 17.9 Å². The monoisotopic (exact) mass is 389 g/mol. The van der Waals surface area contributed by atoms with Gasteiger partial charge in [0.05, 0.1) is 16.9 Å². The normalized spacial score (nSPS) is 14.0. The molecule has 0 aliphatic carbocycles. The van der Waals surface area contributed by atoms with Gasteiger partial charge in [-0.05, 0) is 41.1 Å². The van der Waals surface area contributed by atoms with Crippen LogP contribution in [0, 0.1) is 0 Å². The molecule has 118 valence electrons. The van der Waals surface area contributed by atoms with E-state index in [2.05, 4.69) is 15.9 Å². The molecule has 0 aliphatic heterocycles. The number of hydrogen-bond acceptors (Lipinski definition) is 3. The number of benzene rings is 1.